The Morgan fingerprint density at radius 2 is 2.12 bits per heavy atom. The van der Waals surface area contributed by atoms with E-state index < -0.39 is 0 Å². The number of nitrogens with two attached hydrogens (primary N) is 1. The van der Waals surface area contributed by atoms with Gasteiger partial charge in [-0.05, 0) is 49.7 Å². The summed E-state index contributed by atoms with van der Waals surface area (Å²) in [4.78, 5) is 0. The third-order valence-corrected chi connectivity index (χ3v) is 3.40. The van der Waals surface area contributed by atoms with Crippen LogP contribution in [0.4, 0.5) is 0 Å². The van der Waals surface area contributed by atoms with Gasteiger partial charge in [-0.2, -0.15) is 0 Å². The van der Waals surface area contributed by atoms with Gasteiger partial charge in [0.1, 0.15) is 5.75 Å². The smallest absolute Gasteiger partial charge is 0.122 e. The van der Waals surface area contributed by atoms with Crippen LogP contribution in [-0.2, 0) is 6.42 Å². The molecule has 0 aromatic heterocycles. The number of para-hydroxylation sites is 1. The summed E-state index contributed by atoms with van der Waals surface area (Å²) < 4.78 is 5.33. The van der Waals surface area contributed by atoms with E-state index in [2.05, 4.69) is 12.1 Å². The molecule has 0 radical (unpaired) electrons. The SMILES string of the molecule is COc1ccccc1CCCC(N)C1CC1. The maximum atomic E-state index is 6.08. The fraction of sp³-hybridized carbons (Fsp3) is 0.571. The molecule has 1 unspecified atom stereocenters. The summed E-state index contributed by atoms with van der Waals surface area (Å²) in [5, 5.41) is 0. The van der Waals surface area contributed by atoms with Crippen molar-refractivity contribution in [1.29, 1.82) is 0 Å². The summed E-state index contributed by atoms with van der Waals surface area (Å²) in [6, 6.07) is 8.67. The van der Waals surface area contributed by atoms with Gasteiger partial charge in [0.25, 0.3) is 0 Å². The molecule has 1 aromatic rings. The van der Waals surface area contributed by atoms with Crippen LogP contribution in [0, 0.1) is 5.92 Å². The number of aryl methyl sites for hydroxylation is 1. The average Bonchev–Trinajstić information content (AvgIpc) is 3.13. The van der Waals surface area contributed by atoms with Crippen LogP contribution in [0.2, 0.25) is 0 Å². The molecule has 1 aliphatic rings. The lowest BCUT2D eigenvalue weighted by atomic mass is 10.0. The van der Waals surface area contributed by atoms with Crippen molar-refractivity contribution in [3.8, 4) is 5.75 Å². The third kappa shape index (κ3) is 2.99. The van der Waals surface area contributed by atoms with Crippen LogP contribution in [0.15, 0.2) is 24.3 Å². The molecule has 0 amide bonds. The Morgan fingerprint density at radius 3 is 2.81 bits per heavy atom. The molecule has 16 heavy (non-hydrogen) atoms. The van der Waals surface area contributed by atoms with Crippen molar-refractivity contribution in [2.75, 3.05) is 7.11 Å². The maximum absolute atomic E-state index is 6.08. The molecule has 0 heterocycles. The van der Waals surface area contributed by atoms with Gasteiger partial charge in [0, 0.05) is 6.04 Å². The van der Waals surface area contributed by atoms with Gasteiger partial charge >= 0.3 is 0 Å². The number of rotatable bonds is 6. The second-order valence-corrected chi connectivity index (χ2v) is 4.71. The largest absolute Gasteiger partial charge is 0.496 e. The average molecular weight is 219 g/mol. The number of hydrogen-bond donors (Lipinski definition) is 1. The molecular formula is C14H21NO. The first-order valence-corrected chi connectivity index (χ1v) is 6.18. The van der Waals surface area contributed by atoms with E-state index in [9.17, 15) is 0 Å². The summed E-state index contributed by atoms with van der Waals surface area (Å²) in [7, 11) is 1.73. The van der Waals surface area contributed by atoms with Crippen LogP contribution in [0.5, 0.6) is 5.75 Å². The Morgan fingerprint density at radius 1 is 1.38 bits per heavy atom. The molecule has 0 aliphatic heterocycles. The highest BCUT2D eigenvalue weighted by molar-refractivity contribution is 5.33. The lowest BCUT2D eigenvalue weighted by Gasteiger charge is -2.11. The predicted molar refractivity (Wildman–Crippen MR) is 66.6 cm³/mol. The lowest BCUT2D eigenvalue weighted by Crippen LogP contribution is -2.22. The molecule has 0 bridgehead atoms. The first kappa shape index (κ1) is 11.5. The molecule has 1 aromatic carbocycles. The van der Waals surface area contributed by atoms with E-state index in [0.717, 1.165) is 30.9 Å². The quantitative estimate of drug-likeness (QED) is 0.798. The number of ether oxygens (including phenoxy) is 1. The molecule has 0 saturated heterocycles. The molecular weight excluding hydrogens is 198 g/mol. The van der Waals surface area contributed by atoms with Gasteiger partial charge < -0.3 is 10.5 Å². The molecule has 2 nitrogen and oxygen atoms in total. The highest BCUT2D eigenvalue weighted by Gasteiger charge is 2.27. The minimum atomic E-state index is 0.426. The van der Waals surface area contributed by atoms with Crippen molar-refractivity contribution in [1.82, 2.24) is 0 Å². The van der Waals surface area contributed by atoms with Crippen molar-refractivity contribution in [2.24, 2.45) is 11.7 Å². The van der Waals surface area contributed by atoms with E-state index in [1.54, 1.807) is 7.11 Å². The van der Waals surface area contributed by atoms with Crippen LogP contribution in [0.1, 0.15) is 31.2 Å². The molecule has 1 saturated carbocycles. The second-order valence-electron chi connectivity index (χ2n) is 4.71. The Balaban J connectivity index is 1.79. The van der Waals surface area contributed by atoms with Crippen LogP contribution in [-0.4, -0.2) is 13.2 Å². The van der Waals surface area contributed by atoms with Crippen LogP contribution in [0.3, 0.4) is 0 Å². The molecule has 2 heteroatoms. The third-order valence-electron chi connectivity index (χ3n) is 3.40. The van der Waals surface area contributed by atoms with Gasteiger partial charge in [0.05, 0.1) is 7.11 Å². The van der Waals surface area contributed by atoms with E-state index in [-0.39, 0.29) is 0 Å². The fourth-order valence-electron chi connectivity index (χ4n) is 2.20. The summed E-state index contributed by atoms with van der Waals surface area (Å²) in [5.74, 6) is 1.82. The minimum absolute atomic E-state index is 0.426. The summed E-state index contributed by atoms with van der Waals surface area (Å²) >= 11 is 0. The Kier molecular flexibility index (Phi) is 3.83. The van der Waals surface area contributed by atoms with E-state index in [4.69, 9.17) is 10.5 Å². The van der Waals surface area contributed by atoms with E-state index >= 15 is 0 Å². The Labute approximate surface area is 97.8 Å². The molecule has 88 valence electrons. The first-order valence-electron chi connectivity index (χ1n) is 6.18. The predicted octanol–water partition coefficient (Wildman–Crippen LogP) is 2.76. The van der Waals surface area contributed by atoms with Crippen molar-refractivity contribution in [3.05, 3.63) is 29.8 Å². The van der Waals surface area contributed by atoms with Gasteiger partial charge in [-0.15, -0.1) is 0 Å². The van der Waals surface area contributed by atoms with E-state index in [1.165, 1.54) is 18.4 Å². The highest BCUT2D eigenvalue weighted by atomic mass is 16.5. The standard InChI is InChI=1S/C14H21NO/c1-16-14-8-3-2-5-12(14)6-4-7-13(15)11-9-10-11/h2-3,5,8,11,13H,4,6-7,9-10,15H2,1H3. The zero-order valence-electron chi connectivity index (χ0n) is 9.99. The highest BCUT2D eigenvalue weighted by Crippen LogP contribution is 2.33. The summed E-state index contributed by atoms with van der Waals surface area (Å²) in [6.45, 7) is 0. The second kappa shape index (κ2) is 5.35. The van der Waals surface area contributed by atoms with Crippen LogP contribution < -0.4 is 10.5 Å². The molecule has 1 aliphatic carbocycles. The number of methoxy groups -OCH3 is 1. The zero-order valence-corrected chi connectivity index (χ0v) is 9.99. The summed E-state index contributed by atoms with van der Waals surface area (Å²) in [6.07, 6.45) is 6.07. The number of hydrogen-bond acceptors (Lipinski definition) is 2. The topological polar surface area (TPSA) is 35.2 Å². The summed E-state index contributed by atoms with van der Waals surface area (Å²) in [5.41, 5.74) is 7.38. The van der Waals surface area contributed by atoms with Gasteiger partial charge in [0.2, 0.25) is 0 Å². The normalized spacial score (nSPS) is 17.1. The van der Waals surface area contributed by atoms with Crippen molar-refractivity contribution >= 4 is 0 Å². The van der Waals surface area contributed by atoms with Crippen molar-refractivity contribution in [2.45, 2.75) is 38.1 Å². The van der Waals surface area contributed by atoms with Crippen LogP contribution >= 0.6 is 0 Å². The van der Waals surface area contributed by atoms with Crippen molar-refractivity contribution in [3.63, 3.8) is 0 Å². The van der Waals surface area contributed by atoms with Crippen LogP contribution in [0.25, 0.3) is 0 Å². The van der Waals surface area contributed by atoms with Gasteiger partial charge in [-0.25, -0.2) is 0 Å². The zero-order chi connectivity index (χ0) is 11.4. The van der Waals surface area contributed by atoms with E-state index in [1.807, 2.05) is 12.1 Å². The first-order chi connectivity index (χ1) is 7.81. The number of benzene rings is 1. The van der Waals surface area contributed by atoms with Gasteiger partial charge in [0.15, 0.2) is 0 Å². The Hall–Kier alpha value is -1.02. The fourth-order valence-corrected chi connectivity index (χ4v) is 2.20. The molecule has 2 rings (SSSR count). The molecule has 2 N–H and O–H groups in total. The lowest BCUT2D eigenvalue weighted by molar-refractivity contribution is 0.408. The van der Waals surface area contributed by atoms with Crippen molar-refractivity contribution < 1.29 is 4.74 Å². The maximum Gasteiger partial charge on any atom is 0.122 e. The monoisotopic (exact) mass is 219 g/mol. The molecule has 1 atom stereocenters. The van der Waals surface area contributed by atoms with Gasteiger partial charge in [-0.3, -0.25) is 0 Å². The van der Waals surface area contributed by atoms with Gasteiger partial charge in [-0.1, -0.05) is 18.2 Å². The van der Waals surface area contributed by atoms with E-state index in [0.29, 0.717) is 6.04 Å². The Bertz CT molecular complexity index is 333. The minimum Gasteiger partial charge on any atom is -0.496 e. The molecule has 1 fully saturated rings. The molecule has 0 spiro atoms.